The third kappa shape index (κ3) is 3.99. The van der Waals surface area contributed by atoms with Crippen LogP contribution in [0.15, 0.2) is 18.2 Å². The third-order valence-electron chi connectivity index (χ3n) is 2.96. The number of ether oxygens (including phenoxy) is 1. The standard InChI is InChI=1S/C15H20N2O2/c1-11-5-6-13(19-4)12(9-11)7-8-17-14(18)15(2,3)10-16/h5-6,9H,7-8H2,1-4H3,(H,17,18). The number of benzene rings is 1. The summed E-state index contributed by atoms with van der Waals surface area (Å²) in [5.74, 6) is 0.570. The van der Waals surface area contributed by atoms with E-state index in [9.17, 15) is 4.79 Å². The second-order valence-corrected chi connectivity index (χ2v) is 5.06. The molecule has 0 aliphatic carbocycles. The van der Waals surface area contributed by atoms with Crippen molar-refractivity contribution >= 4 is 5.91 Å². The van der Waals surface area contributed by atoms with Crippen LogP contribution in [0.3, 0.4) is 0 Å². The molecule has 0 aliphatic heterocycles. The molecule has 1 N–H and O–H groups in total. The number of hydrogen-bond acceptors (Lipinski definition) is 3. The summed E-state index contributed by atoms with van der Waals surface area (Å²) in [5, 5.41) is 11.6. The number of carbonyl (C=O) groups is 1. The van der Waals surface area contributed by atoms with Gasteiger partial charge < -0.3 is 10.1 Å². The van der Waals surface area contributed by atoms with Gasteiger partial charge in [0.2, 0.25) is 5.91 Å². The number of nitrogens with one attached hydrogen (secondary N) is 1. The molecule has 0 spiro atoms. The van der Waals surface area contributed by atoms with Crippen molar-refractivity contribution in [1.82, 2.24) is 5.32 Å². The number of methoxy groups -OCH3 is 1. The smallest absolute Gasteiger partial charge is 0.239 e. The Morgan fingerprint density at radius 2 is 2.16 bits per heavy atom. The Hall–Kier alpha value is -2.02. The van der Waals surface area contributed by atoms with E-state index >= 15 is 0 Å². The number of carbonyl (C=O) groups excluding carboxylic acids is 1. The average Bonchev–Trinajstić information content (AvgIpc) is 2.38. The SMILES string of the molecule is COc1ccc(C)cc1CCNC(=O)C(C)(C)C#N. The Morgan fingerprint density at radius 1 is 1.47 bits per heavy atom. The summed E-state index contributed by atoms with van der Waals surface area (Å²) in [4.78, 5) is 11.7. The average molecular weight is 260 g/mol. The van der Waals surface area contributed by atoms with Crippen molar-refractivity contribution in [2.45, 2.75) is 27.2 Å². The fourth-order valence-corrected chi connectivity index (χ4v) is 1.69. The summed E-state index contributed by atoms with van der Waals surface area (Å²) >= 11 is 0. The molecule has 4 nitrogen and oxygen atoms in total. The van der Waals surface area contributed by atoms with Crippen molar-refractivity contribution in [3.8, 4) is 11.8 Å². The number of aryl methyl sites for hydroxylation is 1. The maximum atomic E-state index is 11.7. The van der Waals surface area contributed by atoms with Crippen LogP contribution in [-0.4, -0.2) is 19.6 Å². The fourth-order valence-electron chi connectivity index (χ4n) is 1.69. The van der Waals surface area contributed by atoms with E-state index < -0.39 is 5.41 Å². The van der Waals surface area contributed by atoms with Crippen molar-refractivity contribution in [2.75, 3.05) is 13.7 Å². The largest absolute Gasteiger partial charge is 0.496 e. The summed E-state index contributed by atoms with van der Waals surface area (Å²) in [7, 11) is 1.63. The number of rotatable bonds is 5. The first-order valence-corrected chi connectivity index (χ1v) is 6.24. The summed E-state index contributed by atoms with van der Waals surface area (Å²) in [5.41, 5.74) is 1.22. The molecule has 1 amide bonds. The monoisotopic (exact) mass is 260 g/mol. The van der Waals surface area contributed by atoms with E-state index in [4.69, 9.17) is 10.00 Å². The van der Waals surface area contributed by atoms with E-state index in [-0.39, 0.29) is 5.91 Å². The van der Waals surface area contributed by atoms with Crippen LogP contribution in [0.5, 0.6) is 5.75 Å². The molecule has 1 aromatic carbocycles. The van der Waals surface area contributed by atoms with Gasteiger partial charge in [-0.2, -0.15) is 5.26 Å². The van der Waals surface area contributed by atoms with Gasteiger partial charge >= 0.3 is 0 Å². The second kappa shape index (κ2) is 6.24. The van der Waals surface area contributed by atoms with Crippen molar-refractivity contribution in [2.24, 2.45) is 5.41 Å². The van der Waals surface area contributed by atoms with Crippen molar-refractivity contribution in [3.63, 3.8) is 0 Å². The molecular formula is C15H20N2O2. The molecule has 1 rings (SSSR count). The molecule has 0 unspecified atom stereocenters. The normalized spacial score (nSPS) is 10.7. The lowest BCUT2D eigenvalue weighted by molar-refractivity contribution is -0.126. The quantitative estimate of drug-likeness (QED) is 0.883. The van der Waals surface area contributed by atoms with E-state index in [1.54, 1.807) is 21.0 Å². The van der Waals surface area contributed by atoms with Gasteiger partial charge in [-0.15, -0.1) is 0 Å². The van der Waals surface area contributed by atoms with Crippen molar-refractivity contribution in [1.29, 1.82) is 5.26 Å². The lowest BCUT2D eigenvalue weighted by atomic mass is 9.94. The van der Waals surface area contributed by atoms with E-state index in [0.717, 1.165) is 16.9 Å². The molecule has 0 fully saturated rings. The molecule has 0 radical (unpaired) electrons. The zero-order chi connectivity index (χ0) is 14.5. The highest BCUT2D eigenvalue weighted by atomic mass is 16.5. The van der Waals surface area contributed by atoms with Gasteiger partial charge in [-0.1, -0.05) is 17.7 Å². The van der Waals surface area contributed by atoms with E-state index in [1.807, 2.05) is 31.2 Å². The molecule has 0 aromatic heterocycles. The number of amides is 1. The van der Waals surface area contributed by atoms with Gasteiger partial charge in [0, 0.05) is 6.54 Å². The van der Waals surface area contributed by atoms with Gasteiger partial charge in [0.05, 0.1) is 13.2 Å². The molecular weight excluding hydrogens is 240 g/mol. The first-order chi connectivity index (χ1) is 8.90. The molecule has 1 aromatic rings. The zero-order valence-corrected chi connectivity index (χ0v) is 11.9. The Kier molecular flexibility index (Phi) is 4.94. The Morgan fingerprint density at radius 3 is 2.74 bits per heavy atom. The first-order valence-electron chi connectivity index (χ1n) is 6.24. The summed E-state index contributed by atoms with van der Waals surface area (Å²) < 4.78 is 5.28. The third-order valence-corrected chi connectivity index (χ3v) is 2.96. The van der Waals surface area contributed by atoms with Crippen LogP contribution < -0.4 is 10.1 Å². The molecule has 0 saturated carbocycles. The summed E-state index contributed by atoms with van der Waals surface area (Å²) in [6.07, 6.45) is 0.679. The minimum atomic E-state index is -0.989. The van der Waals surface area contributed by atoms with E-state index in [2.05, 4.69) is 5.32 Å². The molecule has 4 heteroatoms. The van der Waals surface area contributed by atoms with E-state index in [1.165, 1.54) is 0 Å². The van der Waals surface area contributed by atoms with Gasteiger partial charge in [-0.25, -0.2) is 0 Å². The predicted molar refractivity (Wildman–Crippen MR) is 73.8 cm³/mol. The zero-order valence-electron chi connectivity index (χ0n) is 11.9. The van der Waals surface area contributed by atoms with Crippen molar-refractivity contribution < 1.29 is 9.53 Å². The number of nitrogens with zero attached hydrogens (tertiary/aromatic N) is 1. The lowest BCUT2D eigenvalue weighted by Gasteiger charge is -2.15. The van der Waals surface area contributed by atoms with Crippen LogP contribution in [0.1, 0.15) is 25.0 Å². The molecule has 0 aliphatic rings. The Balaban J connectivity index is 2.62. The van der Waals surface area contributed by atoms with Crippen LogP contribution in [0.25, 0.3) is 0 Å². The molecule has 0 saturated heterocycles. The fraction of sp³-hybridized carbons (Fsp3) is 0.467. The van der Waals surface area contributed by atoms with Gasteiger partial charge in [0.15, 0.2) is 0 Å². The summed E-state index contributed by atoms with van der Waals surface area (Å²) in [6, 6.07) is 7.93. The summed E-state index contributed by atoms with van der Waals surface area (Å²) in [6.45, 7) is 5.72. The van der Waals surface area contributed by atoms with Gasteiger partial charge in [-0.05, 0) is 38.8 Å². The first kappa shape index (κ1) is 15.0. The number of nitriles is 1. The van der Waals surface area contributed by atoms with Crippen LogP contribution in [-0.2, 0) is 11.2 Å². The lowest BCUT2D eigenvalue weighted by Crippen LogP contribution is -2.37. The van der Waals surface area contributed by atoms with Gasteiger partial charge in [0.25, 0.3) is 0 Å². The van der Waals surface area contributed by atoms with E-state index in [0.29, 0.717) is 13.0 Å². The predicted octanol–water partition coefficient (Wildman–Crippen LogP) is 2.21. The minimum absolute atomic E-state index is 0.249. The van der Waals surface area contributed by atoms with Crippen LogP contribution >= 0.6 is 0 Å². The molecule has 0 heterocycles. The van der Waals surface area contributed by atoms with Crippen LogP contribution in [0.2, 0.25) is 0 Å². The Bertz CT molecular complexity index is 501. The van der Waals surface area contributed by atoms with Crippen LogP contribution in [0, 0.1) is 23.7 Å². The molecule has 0 bridgehead atoms. The minimum Gasteiger partial charge on any atom is -0.496 e. The van der Waals surface area contributed by atoms with Gasteiger partial charge in [0.1, 0.15) is 11.2 Å². The maximum Gasteiger partial charge on any atom is 0.239 e. The highest BCUT2D eigenvalue weighted by Gasteiger charge is 2.26. The second-order valence-electron chi connectivity index (χ2n) is 5.06. The maximum absolute atomic E-state index is 11.7. The molecule has 102 valence electrons. The van der Waals surface area contributed by atoms with Gasteiger partial charge in [-0.3, -0.25) is 4.79 Å². The topological polar surface area (TPSA) is 62.1 Å². The Labute approximate surface area is 114 Å². The highest BCUT2D eigenvalue weighted by Crippen LogP contribution is 2.20. The van der Waals surface area contributed by atoms with Crippen LogP contribution in [0.4, 0.5) is 0 Å². The number of hydrogen-bond donors (Lipinski definition) is 1. The molecule has 19 heavy (non-hydrogen) atoms. The molecule has 0 atom stereocenters. The highest BCUT2D eigenvalue weighted by molar-refractivity contribution is 5.84. The van der Waals surface area contributed by atoms with Crippen molar-refractivity contribution in [3.05, 3.63) is 29.3 Å².